The quantitative estimate of drug-likeness (QED) is 0.692. The molecule has 0 saturated carbocycles. The SMILES string of the molecule is CCOC(=O)c1cnn(-c2nc(-c3ccccc3)cs2)c1C. The van der Waals surface area contributed by atoms with E-state index < -0.39 is 0 Å². The Morgan fingerprint density at radius 3 is 2.82 bits per heavy atom. The summed E-state index contributed by atoms with van der Waals surface area (Å²) in [5.41, 5.74) is 3.15. The third kappa shape index (κ3) is 2.65. The topological polar surface area (TPSA) is 57.0 Å². The average Bonchev–Trinajstić information content (AvgIpc) is 3.15. The van der Waals surface area contributed by atoms with E-state index >= 15 is 0 Å². The number of benzene rings is 1. The zero-order chi connectivity index (χ0) is 15.5. The second-order valence-electron chi connectivity index (χ2n) is 4.66. The van der Waals surface area contributed by atoms with E-state index in [0.29, 0.717) is 12.2 Å². The Labute approximate surface area is 132 Å². The van der Waals surface area contributed by atoms with Crippen LogP contribution in [-0.2, 0) is 4.74 Å². The van der Waals surface area contributed by atoms with Crippen molar-refractivity contribution in [3.63, 3.8) is 0 Å². The molecule has 0 aliphatic heterocycles. The number of rotatable bonds is 4. The van der Waals surface area contributed by atoms with Crippen LogP contribution in [0.4, 0.5) is 0 Å². The van der Waals surface area contributed by atoms with Crippen LogP contribution in [0.25, 0.3) is 16.4 Å². The molecule has 0 fully saturated rings. The number of nitrogens with zero attached hydrogens (tertiary/aromatic N) is 3. The predicted molar refractivity (Wildman–Crippen MR) is 85.4 cm³/mol. The van der Waals surface area contributed by atoms with Gasteiger partial charge in [-0.3, -0.25) is 0 Å². The highest BCUT2D eigenvalue weighted by Gasteiger charge is 2.17. The van der Waals surface area contributed by atoms with Gasteiger partial charge in [0.25, 0.3) is 0 Å². The molecule has 0 aliphatic rings. The second-order valence-corrected chi connectivity index (χ2v) is 5.49. The minimum atomic E-state index is -0.355. The van der Waals surface area contributed by atoms with Crippen LogP contribution in [-0.4, -0.2) is 27.3 Å². The summed E-state index contributed by atoms with van der Waals surface area (Å²) in [6.07, 6.45) is 1.52. The van der Waals surface area contributed by atoms with Gasteiger partial charge in [0, 0.05) is 10.9 Å². The minimum Gasteiger partial charge on any atom is -0.462 e. The molecule has 2 aromatic heterocycles. The fourth-order valence-electron chi connectivity index (χ4n) is 2.11. The van der Waals surface area contributed by atoms with Crippen molar-refractivity contribution in [3.8, 4) is 16.4 Å². The molecule has 0 atom stereocenters. The molecule has 22 heavy (non-hydrogen) atoms. The summed E-state index contributed by atoms with van der Waals surface area (Å²) in [5.74, 6) is -0.355. The standard InChI is InChI=1S/C16H15N3O2S/c1-3-21-15(20)13-9-17-19(11(13)2)16-18-14(10-22-16)12-7-5-4-6-8-12/h4-10H,3H2,1-2H3. The molecule has 6 heteroatoms. The molecule has 1 aromatic carbocycles. The summed E-state index contributed by atoms with van der Waals surface area (Å²) < 4.78 is 6.69. The van der Waals surface area contributed by atoms with Gasteiger partial charge in [0.1, 0.15) is 5.56 Å². The molecule has 3 aromatic rings. The van der Waals surface area contributed by atoms with Gasteiger partial charge in [-0.1, -0.05) is 30.3 Å². The second kappa shape index (κ2) is 6.11. The molecular weight excluding hydrogens is 298 g/mol. The highest BCUT2D eigenvalue weighted by Crippen LogP contribution is 2.25. The van der Waals surface area contributed by atoms with Crippen molar-refractivity contribution in [2.45, 2.75) is 13.8 Å². The monoisotopic (exact) mass is 313 g/mol. The summed E-state index contributed by atoms with van der Waals surface area (Å²) in [6, 6.07) is 9.95. The molecule has 0 saturated heterocycles. The molecular formula is C16H15N3O2S. The smallest absolute Gasteiger partial charge is 0.341 e. The first kappa shape index (κ1) is 14.5. The third-order valence-electron chi connectivity index (χ3n) is 3.25. The fourth-order valence-corrected chi connectivity index (χ4v) is 2.96. The number of hydrogen-bond acceptors (Lipinski definition) is 5. The summed E-state index contributed by atoms with van der Waals surface area (Å²) >= 11 is 1.49. The molecule has 0 bridgehead atoms. The molecule has 0 aliphatic carbocycles. The van der Waals surface area contributed by atoms with E-state index in [-0.39, 0.29) is 5.97 Å². The average molecular weight is 313 g/mol. The van der Waals surface area contributed by atoms with Gasteiger partial charge in [0.05, 0.1) is 24.2 Å². The maximum Gasteiger partial charge on any atom is 0.341 e. The summed E-state index contributed by atoms with van der Waals surface area (Å²) in [5, 5.41) is 6.97. The van der Waals surface area contributed by atoms with Crippen LogP contribution in [0.3, 0.4) is 0 Å². The molecule has 0 spiro atoms. The van der Waals surface area contributed by atoms with Crippen molar-refractivity contribution in [1.82, 2.24) is 14.8 Å². The lowest BCUT2D eigenvalue weighted by atomic mass is 10.2. The molecule has 0 N–H and O–H groups in total. The molecule has 0 unspecified atom stereocenters. The van der Waals surface area contributed by atoms with Crippen LogP contribution >= 0.6 is 11.3 Å². The van der Waals surface area contributed by atoms with Crippen molar-refractivity contribution < 1.29 is 9.53 Å². The first-order valence-corrected chi connectivity index (χ1v) is 7.81. The van der Waals surface area contributed by atoms with E-state index in [9.17, 15) is 4.79 Å². The lowest BCUT2D eigenvalue weighted by Gasteiger charge is -2.02. The molecule has 112 valence electrons. The molecule has 3 rings (SSSR count). The molecule has 0 radical (unpaired) electrons. The van der Waals surface area contributed by atoms with Crippen LogP contribution in [0.2, 0.25) is 0 Å². The largest absolute Gasteiger partial charge is 0.462 e. The summed E-state index contributed by atoms with van der Waals surface area (Å²) in [7, 11) is 0. The zero-order valence-electron chi connectivity index (χ0n) is 12.3. The Hall–Kier alpha value is -2.47. The van der Waals surface area contributed by atoms with Crippen molar-refractivity contribution in [1.29, 1.82) is 0 Å². The van der Waals surface area contributed by atoms with Gasteiger partial charge in [0.15, 0.2) is 0 Å². The van der Waals surface area contributed by atoms with Crippen LogP contribution in [0.5, 0.6) is 0 Å². The fraction of sp³-hybridized carbons (Fsp3) is 0.188. The van der Waals surface area contributed by atoms with Crippen molar-refractivity contribution in [2.75, 3.05) is 6.61 Å². The van der Waals surface area contributed by atoms with E-state index in [2.05, 4.69) is 10.1 Å². The Kier molecular flexibility index (Phi) is 4.02. The van der Waals surface area contributed by atoms with Gasteiger partial charge in [-0.15, -0.1) is 11.3 Å². The number of ether oxygens (including phenoxy) is 1. The first-order valence-electron chi connectivity index (χ1n) is 6.93. The maximum absolute atomic E-state index is 11.8. The van der Waals surface area contributed by atoms with Crippen LogP contribution < -0.4 is 0 Å². The van der Waals surface area contributed by atoms with Gasteiger partial charge in [-0.25, -0.2) is 14.5 Å². The van der Waals surface area contributed by atoms with Gasteiger partial charge in [-0.05, 0) is 13.8 Å². The van der Waals surface area contributed by atoms with E-state index in [4.69, 9.17) is 4.74 Å². The van der Waals surface area contributed by atoms with Crippen LogP contribution in [0, 0.1) is 6.92 Å². The van der Waals surface area contributed by atoms with E-state index in [1.54, 1.807) is 11.6 Å². The Morgan fingerprint density at radius 2 is 2.09 bits per heavy atom. The number of aromatic nitrogens is 3. The van der Waals surface area contributed by atoms with Crippen molar-refractivity contribution >= 4 is 17.3 Å². The Bertz CT molecular complexity index is 793. The zero-order valence-corrected chi connectivity index (χ0v) is 13.1. The number of esters is 1. The summed E-state index contributed by atoms with van der Waals surface area (Å²) in [4.78, 5) is 16.4. The van der Waals surface area contributed by atoms with Gasteiger partial charge in [-0.2, -0.15) is 5.10 Å². The highest BCUT2D eigenvalue weighted by molar-refractivity contribution is 7.12. The van der Waals surface area contributed by atoms with Crippen LogP contribution in [0.15, 0.2) is 41.9 Å². The van der Waals surface area contributed by atoms with Gasteiger partial charge in [0.2, 0.25) is 5.13 Å². The Morgan fingerprint density at radius 1 is 1.32 bits per heavy atom. The first-order chi connectivity index (χ1) is 10.7. The molecule has 5 nitrogen and oxygen atoms in total. The molecule has 2 heterocycles. The minimum absolute atomic E-state index is 0.346. The van der Waals surface area contributed by atoms with Crippen molar-refractivity contribution in [3.05, 3.63) is 53.2 Å². The van der Waals surface area contributed by atoms with Crippen LogP contribution in [0.1, 0.15) is 23.0 Å². The maximum atomic E-state index is 11.8. The highest BCUT2D eigenvalue weighted by atomic mass is 32.1. The van der Waals surface area contributed by atoms with Gasteiger partial charge >= 0.3 is 5.97 Å². The Balaban J connectivity index is 1.93. The lowest BCUT2D eigenvalue weighted by molar-refractivity contribution is 0.0525. The van der Waals surface area contributed by atoms with Crippen molar-refractivity contribution in [2.24, 2.45) is 0 Å². The normalized spacial score (nSPS) is 10.6. The summed E-state index contributed by atoms with van der Waals surface area (Å²) in [6.45, 7) is 3.96. The lowest BCUT2D eigenvalue weighted by Crippen LogP contribution is -2.06. The van der Waals surface area contributed by atoms with E-state index in [1.165, 1.54) is 17.5 Å². The number of hydrogen-bond donors (Lipinski definition) is 0. The third-order valence-corrected chi connectivity index (χ3v) is 4.06. The number of carbonyl (C=O) groups excluding carboxylic acids is 1. The van der Waals surface area contributed by atoms with E-state index in [0.717, 1.165) is 22.1 Å². The number of thiazole rings is 1. The predicted octanol–water partition coefficient (Wildman–Crippen LogP) is 3.48. The molecule has 0 amide bonds. The number of carbonyl (C=O) groups is 1. The van der Waals surface area contributed by atoms with Gasteiger partial charge < -0.3 is 4.74 Å². The van der Waals surface area contributed by atoms with E-state index in [1.807, 2.05) is 42.6 Å².